The van der Waals surface area contributed by atoms with E-state index in [0.29, 0.717) is 18.7 Å². The lowest BCUT2D eigenvalue weighted by Gasteiger charge is -2.08. The van der Waals surface area contributed by atoms with E-state index in [1.165, 1.54) is 0 Å². The number of aromatic nitrogens is 1. The number of hydrogen-bond donors (Lipinski definition) is 1. The Balaban J connectivity index is 2.31. The molecule has 0 atom stereocenters. The zero-order chi connectivity index (χ0) is 10.4. The van der Waals surface area contributed by atoms with Crippen LogP contribution in [0.25, 0.3) is 0 Å². The van der Waals surface area contributed by atoms with Crippen LogP contribution in [0.15, 0.2) is 36.7 Å². The summed E-state index contributed by atoms with van der Waals surface area (Å²) < 4.78 is 6.54. The fourth-order valence-corrected chi connectivity index (χ4v) is 0.932. The van der Waals surface area contributed by atoms with Crippen LogP contribution < -0.4 is 5.43 Å². The van der Waals surface area contributed by atoms with Gasteiger partial charge in [-0.15, -0.1) is 0 Å². The molecule has 4 heteroatoms. The third-order valence-corrected chi connectivity index (χ3v) is 1.64. The predicted molar refractivity (Wildman–Crippen MR) is 54.4 cm³/mol. The smallest absolute Gasteiger partial charge is 0.335 e. The first-order chi connectivity index (χ1) is 6.74. The van der Waals surface area contributed by atoms with Crippen LogP contribution in [0.2, 0.25) is 0 Å². The summed E-state index contributed by atoms with van der Waals surface area (Å²) in [6.45, 7) is 6.15. The third-order valence-electron chi connectivity index (χ3n) is 1.64. The molecule has 0 unspecified atom stereocenters. The maximum atomic E-state index is 11.1. The van der Waals surface area contributed by atoms with Gasteiger partial charge in [0.2, 0.25) is 0 Å². The summed E-state index contributed by atoms with van der Waals surface area (Å²) in [4.78, 5) is 11.1. The highest BCUT2D eigenvalue weighted by Gasteiger charge is 2.06. The average molecular weight is 194 g/mol. The van der Waals surface area contributed by atoms with Crippen molar-refractivity contribution in [1.82, 2.24) is 4.68 Å². The van der Waals surface area contributed by atoms with Crippen molar-refractivity contribution in [2.45, 2.75) is 6.92 Å². The SMILES string of the molecule is C=C(CNn1cccc1)C(=O)OCC. The highest BCUT2D eigenvalue weighted by Crippen LogP contribution is 1.94. The van der Waals surface area contributed by atoms with Crippen LogP contribution in [-0.2, 0) is 9.53 Å². The Morgan fingerprint density at radius 2 is 2.14 bits per heavy atom. The number of carbonyl (C=O) groups is 1. The average Bonchev–Trinajstić information content (AvgIpc) is 2.67. The Hall–Kier alpha value is -1.71. The van der Waals surface area contributed by atoms with Crippen LogP contribution in [0.5, 0.6) is 0 Å². The first-order valence-corrected chi connectivity index (χ1v) is 4.45. The van der Waals surface area contributed by atoms with Gasteiger partial charge in [-0.05, 0) is 19.1 Å². The molecule has 14 heavy (non-hydrogen) atoms. The molecule has 0 saturated carbocycles. The number of rotatable bonds is 5. The third kappa shape index (κ3) is 2.97. The molecular weight excluding hydrogens is 180 g/mol. The fraction of sp³-hybridized carbons (Fsp3) is 0.300. The minimum atomic E-state index is -0.354. The molecule has 0 aromatic carbocycles. The molecule has 0 spiro atoms. The van der Waals surface area contributed by atoms with Gasteiger partial charge in [-0.3, -0.25) is 4.68 Å². The van der Waals surface area contributed by atoms with E-state index in [1.54, 1.807) is 11.6 Å². The van der Waals surface area contributed by atoms with Gasteiger partial charge < -0.3 is 10.2 Å². The summed E-state index contributed by atoms with van der Waals surface area (Å²) in [6, 6.07) is 3.78. The molecule has 0 bridgehead atoms. The van der Waals surface area contributed by atoms with Crippen LogP contribution in [0.1, 0.15) is 6.92 Å². The molecule has 0 radical (unpaired) electrons. The van der Waals surface area contributed by atoms with Crippen LogP contribution in [0, 0.1) is 0 Å². The number of ether oxygens (including phenoxy) is 1. The minimum Gasteiger partial charge on any atom is -0.463 e. The van der Waals surface area contributed by atoms with Gasteiger partial charge in [0.05, 0.1) is 18.7 Å². The predicted octanol–water partition coefficient (Wildman–Crippen LogP) is 1.15. The molecule has 1 rings (SSSR count). The van der Waals surface area contributed by atoms with Crippen LogP contribution in [-0.4, -0.2) is 23.8 Å². The molecule has 4 nitrogen and oxygen atoms in total. The number of carbonyl (C=O) groups excluding carboxylic acids is 1. The van der Waals surface area contributed by atoms with E-state index >= 15 is 0 Å². The van der Waals surface area contributed by atoms with E-state index in [-0.39, 0.29) is 5.97 Å². The minimum absolute atomic E-state index is 0.354. The van der Waals surface area contributed by atoms with Crippen LogP contribution in [0.3, 0.4) is 0 Å². The Labute approximate surface area is 83.1 Å². The topological polar surface area (TPSA) is 43.3 Å². The number of nitrogens with one attached hydrogen (secondary N) is 1. The van der Waals surface area contributed by atoms with Gasteiger partial charge in [0, 0.05) is 12.4 Å². The van der Waals surface area contributed by atoms with Gasteiger partial charge in [-0.1, -0.05) is 6.58 Å². The second kappa shape index (κ2) is 5.11. The van der Waals surface area contributed by atoms with Crippen LogP contribution >= 0.6 is 0 Å². The Kier molecular flexibility index (Phi) is 3.79. The van der Waals surface area contributed by atoms with Gasteiger partial charge in [0.1, 0.15) is 0 Å². The second-order valence-corrected chi connectivity index (χ2v) is 2.75. The first kappa shape index (κ1) is 10.4. The number of nitrogens with zero attached hydrogens (tertiary/aromatic N) is 1. The van der Waals surface area contributed by atoms with E-state index in [1.807, 2.05) is 24.5 Å². The van der Waals surface area contributed by atoms with E-state index in [4.69, 9.17) is 4.74 Å². The summed E-state index contributed by atoms with van der Waals surface area (Å²) in [7, 11) is 0. The summed E-state index contributed by atoms with van der Waals surface area (Å²) in [5.41, 5.74) is 3.40. The van der Waals surface area contributed by atoms with Gasteiger partial charge in [0.25, 0.3) is 0 Å². The first-order valence-electron chi connectivity index (χ1n) is 4.45. The number of esters is 1. The van der Waals surface area contributed by atoms with E-state index < -0.39 is 0 Å². The van der Waals surface area contributed by atoms with Crippen LogP contribution in [0.4, 0.5) is 0 Å². The molecule has 1 aromatic rings. The maximum absolute atomic E-state index is 11.1. The molecule has 76 valence electrons. The van der Waals surface area contributed by atoms with Crippen molar-refractivity contribution in [2.24, 2.45) is 0 Å². The molecule has 0 aliphatic rings. The Morgan fingerprint density at radius 1 is 1.50 bits per heavy atom. The lowest BCUT2D eigenvalue weighted by Crippen LogP contribution is -2.20. The summed E-state index contributed by atoms with van der Waals surface area (Å²) in [5.74, 6) is -0.354. The zero-order valence-electron chi connectivity index (χ0n) is 8.19. The van der Waals surface area contributed by atoms with Gasteiger partial charge in [-0.25, -0.2) is 4.79 Å². The second-order valence-electron chi connectivity index (χ2n) is 2.75. The van der Waals surface area contributed by atoms with Crippen molar-refractivity contribution in [3.05, 3.63) is 36.7 Å². The van der Waals surface area contributed by atoms with E-state index in [9.17, 15) is 4.79 Å². The monoisotopic (exact) mass is 194 g/mol. The summed E-state index contributed by atoms with van der Waals surface area (Å²) >= 11 is 0. The lowest BCUT2D eigenvalue weighted by atomic mass is 10.3. The van der Waals surface area contributed by atoms with Gasteiger partial charge in [0.15, 0.2) is 0 Å². The van der Waals surface area contributed by atoms with Crippen molar-refractivity contribution in [3.8, 4) is 0 Å². The molecule has 0 amide bonds. The van der Waals surface area contributed by atoms with E-state index in [0.717, 1.165) is 0 Å². The van der Waals surface area contributed by atoms with Gasteiger partial charge >= 0.3 is 5.97 Å². The fourth-order valence-electron chi connectivity index (χ4n) is 0.932. The molecule has 0 aliphatic heterocycles. The molecule has 0 saturated heterocycles. The zero-order valence-corrected chi connectivity index (χ0v) is 8.19. The molecule has 1 aromatic heterocycles. The lowest BCUT2D eigenvalue weighted by molar-refractivity contribution is -0.138. The molecule has 1 N–H and O–H groups in total. The van der Waals surface area contributed by atoms with Crippen molar-refractivity contribution in [2.75, 3.05) is 18.6 Å². The largest absolute Gasteiger partial charge is 0.463 e. The normalized spacial score (nSPS) is 9.50. The standard InChI is InChI=1S/C10H14N2O2/c1-3-14-10(13)9(2)8-11-12-6-4-5-7-12/h4-7,11H,2-3,8H2,1H3. The molecular formula is C10H14N2O2. The Bertz CT molecular complexity index is 304. The highest BCUT2D eigenvalue weighted by molar-refractivity contribution is 5.88. The van der Waals surface area contributed by atoms with Crippen molar-refractivity contribution < 1.29 is 9.53 Å². The molecule has 1 heterocycles. The maximum Gasteiger partial charge on any atom is 0.335 e. The molecule has 0 aliphatic carbocycles. The van der Waals surface area contributed by atoms with Crippen molar-refractivity contribution in [1.29, 1.82) is 0 Å². The van der Waals surface area contributed by atoms with Crippen molar-refractivity contribution >= 4 is 5.97 Å². The summed E-state index contributed by atoms with van der Waals surface area (Å²) in [6.07, 6.45) is 3.69. The molecule has 0 fully saturated rings. The quantitative estimate of drug-likeness (QED) is 0.565. The van der Waals surface area contributed by atoms with Gasteiger partial charge in [-0.2, -0.15) is 0 Å². The van der Waals surface area contributed by atoms with E-state index in [2.05, 4.69) is 12.0 Å². The van der Waals surface area contributed by atoms with Crippen molar-refractivity contribution in [3.63, 3.8) is 0 Å². The Morgan fingerprint density at radius 3 is 2.71 bits per heavy atom. The highest BCUT2D eigenvalue weighted by atomic mass is 16.5. The number of hydrogen-bond acceptors (Lipinski definition) is 3. The summed E-state index contributed by atoms with van der Waals surface area (Å²) in [5, 5.41) is 0.